The summed E-state index contributed by atoms with van der Waals surface area (Å²) in [5.74, 6) is -0.837. The van der Waals surface area contributed by atoms with E-state index in [9.17, 15) is 9.59 Å². The number of hydrogen-bond acceptors (Lipinski definition) is 5. The third-order valence-corrected chi connectivity index (χ3v) is 2.95. The number of carboxylic acid groups (broad SMARTS) is 1. The summed E-state index contributed by atoms with van der Waals surface area (Å²) in [5.41, 5.74) is 0.395. The molecule has 0 bridgehead atoms. The number of nitrogens with zero attached hydrogens (tertiary/aromatic N) is 3. The van der Waals surface area contributed by atoms with E-state index in [4.69, 9.17) is 9.84 Å². The second kappa shape index (κ2) is 7.92. The average Bonchev–Trinajstić information content (AvgIpc) is 2.96. The van der Waals surface area contributed by atoms with Gasteiger partial charge in [-0.25, -0.2) is 9.48 Å². The Morgan fingerprint density at radius 1 is 1.39 bits per heavy atom. The van der Waals surface area contributed by atoms with Crippen molar-refractivity contribution in [3.8, 4) is 5.75 Å². The fourth-order valence-electron chi connectivity index (χ4n) is 1.82. The summed E-state index contributed by atoms with van der Waals surface area (Å²) in [5, 5.41) is 18.5. The van der Waals surface area contributed by atoms with Crippen LogP contribution >= 0.6 is 0 Å². The van der Waals surface area contributed by atoms with Crippen molar-refractivity contribution < 1.29 is 19.4 Å². The third kappa shape index (κ3) is 5.10. The molecule has 0 aliphatic carbocycles. The van der Waals surface area contributed by atoms with Crippen LogP contribution in [-0.2, 0) is 11.3 Å². The molecule has 122 valence electrons. The predicted molar refractivity (Wildman–Crippen MR) is 82.5 cm³/mol. The van der Waals surface area contributed by atoms with Crippen LogP contribution in [0.5, 0.6) is 5.75 Å². The second-order valence-electron chi connectivity index (χ2n) is 4.88. The molecular formula is C15H18N4O4. The highest BCUT2D eigenvalue weighted by Gasteiger charge is 2.11. The molecule has 0 saturated carbocycles. The fraction of sp³-hybridized carbons (Fsp3) is 0.333. The van der Waals surface area contributed by atoms with E-state index < -0.39 is 5.97 Å². The Bertz CT molecular complexity index is 684. The Labute approximate surface area is 133 Å². The number of unbranched alkanes of at least 4 members (excludes halogenated alkanes) is 1. The zero-order valence-corrected chi connectivity index (χ0v) is 12.7. The van der Waals surface area contributed by atoms with Gasteiger partial charge in [0.25, 0.3) is 0 Å². The Kier molecular flexibility index (Phi) is 5.67. The van der Waals surface area contributed by atoms with Crippen LogP contribution in [-0.4, -0.2) is 38.6 Å². The maximum Gasteiger partial charge on any atom is 0.358 e. The van der Waals surface area contributed by atoms with Gasteiger partial charge in [-0.2, -0.15) is 0 Å². The topological polar surface area (TPSA) is 106 Å². The first-order chi connectivity index (χ1) is 11.1. The third-order valence-electron chi connectivity index (χ3n) is 2.95. The number of carbonyl (C=O) groups is 2. The van der Waals surface area contributed by atoms with Crippen molar-refractivity contribution in [3.05, 3.63) is 36.2 Å². The summed E-state index contributed by atoms with van der Waals surface area (Å²) in [6.07, 6.45) is 3.22. The standard InChI is InChI=1S/C15H18N4O4/c1-2-3-7-23-12-6-4-5-11(8-12)16-14(20)10-19-9-13(15(21)22)17-18-19/h4-6,8-9H,2-3,7,10H2,1H3,(H,16,20)(H,21,22). The molecule has 0 aliphatic rings. The van der Waals surface area contributed by atoms with Gasteiger partial charge in [0, 0.05) is 11.8 Å². The lowest BCUT2D eigenvalue weighted by Gasteiger charge is -2.08. The van der Waals surface area contributed by atoms with Crippen LogP contribution in [0.4, 0.5) is 5.69 Å². The molecule has 0 radical (unpaired) electrons. The Morgan fingerprint density at radius 3 is 2.91 bits per heavy atom. The van der Waals surface area contributed by atoms with Gasteiger partial charge in [-0.3, -0.25) is 4.79 Å². The van der Waals surface area contributed by atoms with Gasteiger partial charge in [-0.1, -0.05) is 24.6 Å². The summed E-state index contributed by atoms with van der Waals surface area (Å²) in [7, 11) is 0. The smallest absolute Gasteiger partial charge is 0.358 e. The fourth-order valence-corrected chi connectivity index (χ4v) is 1.82. The number of aromatic nitrogens is 3. The van der Waals surface area contributed by atoms with Crippen LogP contribution in [0.2, 0.25) is 0 Å². The van der Waals surface area contributed by atoms with E-state index in [-0.39, 0.29) is 18.1 Å². The molecule has 1 aromatic carbocycles. The molecule has 23 heavy (non-hydrogen) atoms. The van der Waals surface area contributed by atoms with E-state index in [0.717, 1.165) is 12.8 Å². The first-order valence-electron chi connectivity index (χ1n) is 7.24. The van der Waals surface area contributed by atoms with Crippen LogP contribution in [0.25, 0.3) is 0 Å². The molecule has 2 aromatic rings. The van der Waals surface area contributed by atoms with Crippen LogP contribution in [0.15, 0.2) is 30.5 Å². The van der Waals surface area contributed by atoms with Crippen LogP contribution < -0.4 is 10.1 Å². The van der Waals surface area contributed by atoms with E-state index >= 15 is 0 Å². The summed E-state index contributed by atoms with van der Waals surface area (Å²) in [6, 6.07) is 7.09. The van der Waals surface area contributed by atoms with Crippen molar-refractivity contribution in [1.82, 2.24) is 15.0 Å². The average molecular weight is 318 g/mol. The molecule has 0 spiro atoms. The van der Waals surface area contributed by atoms with Crippen LogP contribution in [0.1, 0.15) is 30.3 Å². The van der Waals surface area contributed by atoms with Gasteiger partial charge in [0.1, 0.15) is 12.3 Å². The first kappa shape index (κ1) is 16.5. The highest BCUT2D eigenvalue weighted by molar-refractivity contribution is 5.91. The molecule has 0 unspecified atom stereocenters. The number of carbonyl (C=O) groups excluding carboxylic acids is 1. The summed E-state index contributed by atoms with van der Waals surface area (Å²) in [4.78, 5) is 22.7. The van der Waals surface area contributed by atoms with Gasteiger partial charge >= 0.3 is 5.97 Å². The van der Waals surface area contributed by atoms with Gasteiger partial charge in [-0.15, -0.1) is 5.10 Å². The highest BCUT2D eigenvalue weighted by atomic mass is 16.5. The largest absolute Gasteiger partial charge is 0.494 e. The quantitative estimate of drug-likeness (QED) is 0.719. The number of hydrogen-bond donors (Lipinski definition) is 2. The molecular weight excluding hydrogens is 300 g/mol. The molecule has 2 N–H and O–H groups in total. The van der Waals surface area contributed by atoms with Crippen molar-refractivity contribution in [1.29, 1.82) is 0 Å². The molecule has 1 amide bonds. The predicted octanol–water partition coefficient (Wildman–Crippen LogP) is 1.79. The van der Waals surface area contributed by atoms with Crippen molar-refractivity contribution >= 4 is 17.6 Å². The lowest BCUT2D eigenvalue weighted by molar-refractivity contribution is -0.116. The summed E-state index contributed by atoms with van der Waals surface area (Å²) < 4.78 is 6.74. The monoisotopic (exact) mass is 318 g/mol. The van der Waals surface area contributed by atoms with E-state index in [1.165, 1.54) is 10.9 Å². The van der Waals surface area contributed by atoms with Crippen molar-refractivity contribution in [2.75, 3.05) is 11.9 Å². The minimum atomic E-state index is -1.19. The maximum absolute atomic E-state index is 11.9. The first-order valence-corrected chi connectivity index (χ1v) is 7.24. The van der Waals surface area contributed by atoms with Crippen molar-refractivity contribution in [3.63, 3.8) is 0 Å². The number of carboxylic acids is 1. The van der Waals surface area contributed by atoms with Gasteiger partial charge in [-0.05, 0) is 18.6 Å². The van der Waals surface area contributed by atoms with Gasteiger partial charge < -0.3 is 15.2 Å². The highest BCUT2D eigenvalue weighted by Crippen LogP contribution is 2.17. The normalized spacial score (nSPS) is 10.3. The molecule has 2 rings (SSSR count). The van der Waals surface area contributed by atoms with Gasteiger partial charge in [0.15, 0.2) is 5.69 Å². The molecule has 0 fully saturated rings. The second-order valence-corrected chi connectivity index (χ2v) is 4.88. The lowest BCUT2D eigenvalue weighted by atomic mass is 10.3. The Hall–Kier alpha value is -2.90. The zero-order chi connectivity index (χ0) is 16.7. The van der Waals surface area contributed by atoms with Crippen molar-refractivity contribution in [2.24, 2.45) is 0 Å². The summed E-state index contributed by atoms with van der Waals surface area (Å²) in [6.45, 7) is 2.59. The molecule has 8 nitrogen and oxygen atoms in total. The van der Waals surface area contributed by atoms with Crippen LogP contribution in [0, 0.1) is 0 Å². The summed E-state index contributed by atoms with van der Waals surface area (Å²) >= 11 is 0. The number of benzene rings is 1. The Balaban J connectivity index is 1.91. The molecule has 1 aromatic heterocycles. The Morgan fingerprint density at radius 2 is 2.22 bits per heavy atom. The number of nitrogens with one attached hydrogen (secondary N) is 1. The van der Waals surface area contributed by atoms with E-state index in [1.807, 2.05) is 6.07 Å². The molecule has 0 aliphatic heterocycles. The minimum Gasteiger partial charge on any atom is -0.494 e. The van der Waals surface area contributed by atoms with Gasteiger partial charge in [0.2, 0.25) is 5.91 Å². The number of anilines is 1. The molecule has 0 saturated heterocycles. The van der Waals surface area contributed by atoms with Crippen LogP contribution in [0.3, 0.4) is 0 Å². The van der Waals surface area contributed by atoms with E-state index in [0.29, 0.717) is 18.0 Å². The molecule has 8 heteroatoms. The molecule has 1 heterocycles. The number of ether oxygens (including phenoxy) is 1. The van der Waals surface area contributed by atoms with E-state index in [2.05, 4.69) is 22.6 Å². The van der Waals surface area contributed by atoms with Crippen molar-refractivity contribution in [2.45, 2.75) is 26.3 Å². The molecule has 0 atom stereocenters. The minimum absolute atomic E-state index is 0.124. The van der Waals surface area contributed by atoms with Gasteiger partial charge in [0.05, 0.1) is 12.8 Å². The maximum atomic E-state index is 11.9. The van der Waals surface area contributed by atoms with E-state index in [1.54, 1.807) is 18.2 Å². The lowest BCUT2D eigenvalue weighted by Crippen LogP contribution is -2.19. The number of amides is 1. The zero-order valence-electron chi connectivity index (χ0n) is 12.7. The number of aromatic carboxylic acids is 1. The number of rotatable bonds is 8. The SMILES string of the molecule is CCCCOc1cccc(NC(=O)Cn2cc(C(=O)O)nn2)c1.